The van der Waals surface area contributed by atoms with Gasteiger partial charge in [-0.3, -0.25) is 14.9 Å². The smallest absolute Gasteiger partial charge is 0.323 e. The molecular formula is C31H35FN6O4. The number of ether oxygens (including phenoxy) is 1. The first-order chi connectivity index (χ1) is 20.3. The van der Waals surface area contributed by atoms with Crippen LogP contribution in [-0.4, -0.2) is 64.9 Å². The number of nitrogens with one attached hydrogen (secondary N) is 3. The SMILES string of the molecule is Cc1cc(Oc2ccnc(NC(=O)N3CCC(N4CCCC4)CC3)c2)ccc1NC(=O)CC(=O)Nc1ccc(F)cc1. The van der Waals surface area contributed by atoms with E-state index < -0.39 is 24.1 Å². The molecule has 2 aromatic carbocycles. The third kappa shape index (κ3) is 7.82. The molecule has 3 N–H and O–H groups in total. The number of nitrogens with zero attached hydrogens (tertiary/aromatic N) is 3. The van der Waals surface area contributed by atoms with Crippen LogP contribution in [0.2, 0.25) is 0 Å². The number of rotatable bonds is 8. The Morgan fingerprint density at radius 2 is 1.57 bits per heavy atom. The summed E-state index contributed by atoms with van der Waals surface area (Å²) in [6.07, 6.45) is 5.70. The lowest BCUT2D eigenvalue weighted by Gasteiger charge is -2.36. The van der Waals surface area contributed by atoms with Gasteiger partial charge < -0.3 is 25.2 Å². The lowest BCUT2D eigenvalue weighted by atomic mass is 10.0. The average molecular weight is 575 g/mol. The van der Waals surface area contributed by atoms with Gasteiger partial charge in [-0.2, -0.15) is 0 Å². The maximum atomic E-state index is 13.0. The second-order valence-electron chi connectivity index (χ2n) is 10.6. The second kappa shape index (κ2) is 13.4. The predicted molar refractivity (Wildman–Crippen MR) is 158 cm³/mol. The molecule has 4 amide bonds. The van der Waals surface area contributed by atoms with Crippen LogP contribution in [0.15, 0.2) is 60.8 Å². The number of urea groups is 1. The van der Waals surface area contributed by atoms with Gasteiger partial charge >= 0.3 is 6.03 Å². The number of piperidine rings is 1. The van der Waals surface area contributed by atoms with E-state index in [4.69, 9.17) is 4.74 Å². The number of halogens is 1. The van der Waals surface area contributed by atoms with Gasteiger partial charge in [0.1, 0.15) is 29.6 Å². The Kier molecular flexibility index (Phi) is 9.28. The molecule has 0 radical (unpaired) electrons. The van der Waals surface area contributed by atoms with E-state index in [-0.39, 0.29) is 6.03 Å². The molecule has 3 aromatic rings. The molecule has 0 spiro atoms. The van der Waals surface area contributed by atoms with Crippen LogP contribution < -0.4 is 20.7 Å². The van der Waals surface area contributed by atoms with E-state index in [1.165, 1.54) is 50.2 Å². The minimum absolute atomic E-state index is 0.165. The minimum atomic E-state index is -0.510. The Labute approximate surface area is 244 Å². The van der Waals surface area contributed by atoms with E-state index in [9.17, 15) is 18.8 Å². The summed E-state index contributed by atoms with van der Waals surface area (Å²) in [7, 11) is 0. The van der Waals surface area contributed by atoms with Crippen molar-refractivity contribution in [1.29, 1.82) is 0 Å². The fraction of sp³-hybridized carbons (Fsp3) is 0.355. The van der Waals surface area contributed by atoms with E-state index in [0.29, 0.717) is 34.7 Å². The number of carbonyl (C=O) groups is 3. The van der Waals surface area contributed by atoms with E-state index in [1.54, 1.807) is 36.5 Å². The van der Waals surface area contributed by atoms with Crippen molar-refractivity contribution in [1.82, 2.24) is 14.8 Å². The molecule has 2 fully saturated rings. The molecule has 10 nitrogen and oxygen atoms in total. The molecule has 2 aliphatic rings. The van der Waals surface area contributed by atoms with Gasteiger partial charge in [-0.1, -0.05) is 0 Å². The maximum Gasteiger partial charge on any atom is 0.323 e. The zero-order valence-electron chi connectivity index (χ0n) is 23.6. The third-order valence-electron chi connectivity index (χ3n) is 7.53. The van der Waals surface area contributed by atoms with Crippen LogP contribution >= 0.6 is 0 Å². The maximum absolute atomic E-state index is 13.0. The van der Waals surface area contributed by atoms with Crippen molar-refractivity contribution in [2.45, 2.75) is 45.1 Å². The van der Waals surface area contributed by atoms with Crippen LogP contribution in [0.5, 0.6) is 11.5 Å². The monoisotopic (exact) mass is 574 g/mol. The molecular weight excluding hydrogens is 539 g/mol. The molecule has 0 atom stereocenters. The lowest BCUT2D eigenvalue weighted by molar-refractivity contribution is -0.123. The zero-order valence-corrected chi connectivity index (χ0v) is 23.6. The summed E-state index contributed by atoms with van der Waals surface area (Å²) in [5.41, 5.74) is 1.68. The summed E-state index contributed by atoms with van der Waals surface area (Å²) >= 11 is 0. The topological polar surface area (TPSA) is 116 Å². The second-order valence-corrected chi connectivity index (χ2v) is 10.6. The Morgan fingerprint density at radius 1 is 0.881 bits per heavy atom. The van der Waals surface area contributed by atoms with Gasteiger partial charge in [0.05, 0.1) is 0 Å². The Hall–Kier alpha value is -4.51. The molecule has 5 rings (SSSR count). The predicted octanol–water partition coefficient (Wildman–Crippen LogP) is 5.38. The van der Waals surface area contributed by atoms with E-state index >= 15 is 0 Å². The number of benzene rings is 2. The highest BCUT2D eigenvalue weighted by atomic mass is 19.1. The van der Waals surface area contributed by atoms with Crippen molar-refractivity contribution in [3.63, 3.8) is 0 Å². The van der Waals surface area contributed by atoms with Crippen LogP contribution in [-0.2, 0) is 9.59 Å². The lowest BCUT2D eigenvalue weighted by Crippen LogP contribution is -2.47. The number of carbonyl (C=O) groups excluding carboxylic acids is 3. The van der Waals surface area contributed by atoms with Crippen LogP contribution in [0, 0.1) is 12.7 Å². The van der Waals surface area contributed by atoms with Gasteiger partial charge in [-0.25, -0.2) is 14.2 Å². The molecule has 2 saturated heterocycles. The number of aromatic nitrogens is 1. The normalized spacial score (nSPS) is 15.7. The summed E-state index contributed by atoms with van der Waals surface area (Å²) in [6, 6.07) is 14.2. The number of anilines is 3. The number of likely N-dealkylation sites (tertiary alicyclic amines) is 2. The highest BCUT2D eigenvalue weighted by Gasteiger charge is 2.28. The molecule has 220 valence electrons. The fourth-order valence-electron chi connectivity index (χ4n) is 5.33. The fourth-order valence-corrected chi connectivity index (χ4v) is 5.33. The standard InChI is InChI=1S/C31H35FN6O4/c1-21-18-25(8-9-27(21)35-30(40)20-29(39)34-23-6-4-22(32)5-7-23)42-26-10-13-33-28(19-26)36-31(41)38-16-11-24(12-17-38)37-14-2-3-15-37/h4-10,13,18-19,24H,2-3,11-12,14-17,20H2,1H3,(H,34,39)(H,35,40)(H,33,36,41). The zero-order chi connectivity index (χ0) is 29.5. The Balaban J connectivity index is 1.10. The van der Waals surface area contributed by atoms with Gasteiger partial charge in [0.15, 0.2) is 0 Å². The van der Waals surface area contributed by atoms with Gasteiger partial charge in [0.25, 0.3) is 0 Å². The molecule has 0 saturated carbocycles. The highest BCUT2D eigenvalue weighted by molar-refractivity contribution is 6.08. The molecule has 0 unspecified atom stereocenters. The third-order valence-corrected chi connectivity index (χ3v) is 7.53. The first kappa shape index (κ1) is 29.0. The molecule has 0 bridgehead atoms. The van der Waals surface area contributed by atoms with Crippen molar-refractivity contribution in [3.8, 4) is 11.5 Å². The van der Waals surface area contributed by atoms with Crippen LogP contribution in [0.25, 0.3) is 0 Å². The van der Waals surface area contributed by atoms with E-state index in [1.807, 2.05) is 11.8 Å². The number of amides is 4. The van der Waals surface area contributed by atoms with Crippen LogP contribution in [0.4, 0.5) is 26.4 Å². The quantitative estimate of drug-likeness (QED) is 0.311. The Morgan fingerprint density at radius 3 is 2.29 bits per heavy atom. The van der Waals surface area contributed by atoms with Crippen molar-refractivity contribution < 1.29 is 23.5 Å². The van der Waals surface area contributed by atoms with Gasteiger partial charge in [0.2, 0.25) is 11.8 Å². The van der Waals surface area contributed by atoms with E-state index in [2.05, 4.69) is 25.8 Å². The molecule has 3 heterocycles. The molecule has 0 aliphatic carbocycles. The summed E-state index contributed by atoms with van der Waals surface area (Å²) in [4.78, 5) is 46.1. The molecule has 2 aliphatic heterocycles. The molecule has 42 heavy (non-hydrogen) atoms. The van der Waals surface area contributed by atoms with Crippen LogP contribution in [0.1, 0.15) is 37.7 Å². The van der Waals surface area contributed by atoms with E-state index in [0.717, 1.165) is 31.5 Å². The first-order valence-electron chi connectivity index (χ1n) is 14.2. The molecule has 1 aromatic heterocycles. The summed E-state index contributed by atoms with van der Waals surface area (Å²) < 4.78 is 19.0. The number of hydrogen-bond donors (Lipinski definition) is 3. The van der Waals surface area contributed by atoms with Crippen LogP contribution in [0.3, 0.4) is 0 Å². The summed E-state index contributed by atoms with van der Waals surface area (Å²) in [5, 5.41) is 8.17. The number of aryl methyl sites for hydroxylation is 1. The molecule has 11 heteroatoms. The summed E-state index contributed by atoms with van der Waals surface area (Å²) in [6.45, 7) is 5.60. The van der Waals surface area contributed by atoms with Crippen molar-refractivity contribution >= 4 is 35.0 Å². The first-order valence-corrected chi connectivity index (χ1v) is 14.2. The average Bonchev–Trinajstić information content (AvgIpc) is 3.51. The van der Waals surface area contributed by atoms with Crippen molar-refractivity contribution in [3.05, 3.63) is 72.2 Å². The van der Waals surface area contributed by atoms with Gasteiger partial charge in [-0.15, -0.1) is 0 Å². The number of hydrogen-bond acceptors (Lipinski definition) is 6. The van der Waals surface area contributed by atoms with Crippen molar-refractivity contribution in [2.24, 2.45) is 0 Å². The summed E-state index contributed by atoms with van der Waals surface area (Å²) in [5.74, 6) is 0.0286. The Bertz CT molecular complexity index is 1420. The van der Waals surface area contributed by atoms with Gasteiger partial charge in [-0.05, 0) is 99.8 Å². The van der Waals surface area contributed by atoms with Crippen molar-refractivity contribution in [2.75, 3.05) is 42.1 Å². The number of pyridine rings is 1. The minimum Gasteiger partial charge on any atom is -0.457 e. The largest absolute Gasteiger partial charge is 0.457 e. The highest BCUT2D eigenvalue weighted by Crippen LogP contribution is 2.28. The van der Waals surface area contributed by atoms with Gasteiger partial charge in [0, 0.05) is 42.8 Å².